The molecule has 1 heterocycles. The third-order valence-corrected chi connectivity index (χ3v) is 3.00. The van der Waals surface area contributed by atoms with Crippen LogP contribution in [0.5, 0.6) is 0 Å². The molecule has 0 atom stereocenters. The normalized spacial score (nSPS) is 10.1. The molecule has 1 aromatic heterocycles. The van der Waals surface area contributed by atoms with Gasteiger partial charge in [0.05, 0.1) is 0 Å². The van der Waals surface area contributed by atoms with Crippen LogP contribution in [0.4, 0.5) is 5.69 Å². The van der Waals surface area contributed by atoms with Crippen LogP contribution in [0.1, 0.15) is 22.5 Å². The van der Waals surface area contributed by atoms with Crippen molar-refractivity contribution in [1.82, 2.24) is 4.98 Å². The third-order valence-electron chi connectivity index (χ3n) is 2.77. The number of carbonyl (C=O) groups excluding carboxylic acids is 1. The van der Waals surface area contributed by atoms with Crippen molar-refractivity contribution in [2.45, 2.75) is 12.8 Å². The molecule has 108 valence electrons. The fourth-order valence-corrected chi connectivity index (χ4v) is 1.94. The topological polar surface area (TPSA) is 79.3 Å². The van der Waals surface area contributed by atoms with Crippen LogP contribution in [0.25, 0.3) is 0 Å². The molecule has 5 nitrogen and oxygen atoms in total. The summed E-state index contributed by atoms with van der Waals surface area (Å²) in [6, 6.07) is 10.1. The van der Waals surface area contributed by atoms with E-state index < -0.39 is 5.97 Å². The molecule has 0 aliphatic rings. The summed E-state index contributed by atoms with van der Waals surface area (Å²) in [7, 11) is 0. The predicted octanol–water partition coefficient (Wildman–Crippen LogP) is 3.00. The van der Waals surface area contributed by atoms with Gasteiger partial charge in [-0.05, 0) is 36.2 Å². The van der Waals surface area contributed by atoms with Gasteiger partial charge in [-0.3, -0.25) is 14.6 Å². The Balaban J connectivity index is 2.07. The zero-order valence-electron chi connectivity index (χ0n) is 11.0. The summed E-state index contributed by atoms with van der Waals surface area (Å²) in [5, 5.41) is 11.8. The lowest BCUT2D eigenvalue weighted by molar-refractivity contribution is -0.136. The van der Waals surface area contributed by atoms with Crippen LogP contribution in [0.15, 0.2) is 42.6 Å². The number of pyridine rings is 1. The van der Waals surface area contributed by atoms with Gasteiger partial charge in [0.15, 0.2) is 0 Å². The molecule has 1 amide bonds. The Morgan fingerprint density at radius 1 is 1.24 bits per heavy atom. The van der Waals surface area contributed by atoms with Crippen molar-refractivity contribution in [2.24, 2.45) is 0 Å². The van der Waals surface area contributed by atoms with E-state index in [4.69, 9.17) is 16.7 Å². The number of benzene rings is 1. The van der Waals surface area contributed by atoms with Gasteiger partial charge >= 0.3 is 5.97 Å². The molecule has 0 unspecified atom stereocenters. The highest BCUT2D eigenvalue weighted by Gasteiger charge is 2.08. The van der Waals surface area contributed by atoms with E-state index in [0.717, 1.165) is 5.56 Å². The predicted molar refractivity (Wildman–Crippen MR) is 79.6 cm³/mol. The fraction of sp³-hybridized carbons (Fsp3) is 0.133. The Kier molecular flexibility index (Phi) is 4.90. The second-order valence-corrected chi connectivity index (χ2v) is 4.84. The summed E-state index contributed by atoms with van der Waals surface area (Å²) in [5.41, 5.74) is 1.65. The molecule has 2 N–H and O–H groups in total. The first-order valence-electron chi connectivity index (χ1n) is 6.28. The van der Waals surface area contributed by atoms with Gasteiger partial charge in [0, 0.05) is 23.3 Å². The number of hydrogen-bond donors (Lipinski definition) is 2. The summed E-state index contributed by atoms with van der Waals surface area (Å²) in [4.78, 5) is 26.5. The number of nitrogens with one attached hydrogen (secondary N) is 1. The standard InChI is InChI=1S/C15H13ClN2O3/c16-11-6-7-17-13(9-11)15(21)18-12-3-1-2-10(8-12)4-5-14(19)20/h1-3,6-9H,4-5H2,(H,18,21)(H,19,20). The highest BCUT2D eigenvalue weighted by molar-refractivity contribution is 6.30. The van der Waals surface area contributed by atoms with E-state index in [1.165, 1.54) is 12.3 Å². The third kappa shape index (κ3) is 4.57. The van der Waals surface area contributed by atoms with Crippen molar-refractivity contribution in [1.29, 1.82) is 0 Å². The number of nitrogens with zero attached hydrogens (tertiary/aromatic N) is 1. The lowest BCUT2D eigenvalue weighted by atomic mass is 10.1. The zero-order valence-corrected chi connectivity index (χ0v) is 11.8. The van der Waals surface area contributed by atoms with Crippen molar-refractivity contribution in [3.05, 3.63) is 58.9 Å². The highest BCUT2D eigenvalue weighted by Crippen LogP contribution is 2.14. The number of amides is 1. The van der Waals surface area contributed by atoms with E-state index in [-0.39, 0.29) is 18.0 Å². The van der Waals surface area contributed by atoms with Crippen LogP contribution >= 0.6 is 11.6 Å². The van der Waals surface area contributed by atoms with Crippen molar-refractivity contribution in [3.8, 4) is 0 Å². The van der Waals surface area contributed by atoms with Gasteiger partial charge in [-0.15, -0.1) is 0 Å². The van der Waals surface area contributed by atoms with Gasteiger partial charge in [0.2, 0.25) is 0 Å². The molecule has 2 aromatic rings. The molecular weight excluding hydrogens is 292 g/mol. The second kappa shape index (κ2) is 6.85. The first-order chi connectivity index (χ1) is 10.0. The fourth-order valence-electron chi connectivity index (χ4n) is 1.78. The van der Waals surface area contributed by atoms with Crippen LogP contribution in [-0.4, -0.2) is 22.0 Å². The highest BCUT2D eigenvalue weighted by atomic mass is 35.5. The molecule has 0 spiro atoms. The number of carboxylic acids is 1. The Morgan fingerprint density at radius 2 is 2.05 bits per heavy atom. The largest absolute Gasteiger partial charge is 0.481 e. The summed E-state index contributed by atoms with van der Waals surface area (Å²) >= 11 is 5.81. The van der Waals surface area contributed by atoms with Crippen LogP contribution in [0, 0.1) is 0 Å². The number of anilines is 1. The molecule has 1 aromatic carbocycles. The molecule has 2 rings (SSSR count). The first-order valence-corrected chi connectivity index (χ1v) is 6.66. The lowest BCUT2D eigenvalue weighted by Gasteiger charge is -2.07. The van der Waals surface area contributed by atoms with Crippen molar-refractivity contribution >= 4 is 29.2 Å². The number of carboxylic acid groups (broad SMARTS) is 1. The number of carbonyl (C=O) groups is 2. The van der Waals surface area contributed by atoms with Gasteiger partial charge in [0.1, 0.15) is 5.69 Å². The van der Waals surface area contributed by atoms with E-state index in [1.807, 2.05) is 6.07 Å². The number of halogens is 1. The Hall–Kier alpha value is -2.40. The van der Waals surface area contributed by atoms with Gasteiger partial charge in [-0.25, -0.2) is 0 Å². The quantitative estimate of drug-likeness (QED) is 0.890. The molecule has 0 aliphatic heterocycles. The van der Waals surface area contributed by atoms with E-state index in [2.05, 4.69) is 10.3 Å². The van der Waals surface area contributed by atoms with E-state index in [0.29, 0.717) is 17.1 Å². The molecule has 6 heteroatoms. The number of hydrogen-bond acceptors (Lipinski definition) is 3. The van der Waals surface area contributed by atoms with Crippen LogP contribution in [0.2, 0.25) is 5.02 Å². The second-order valence-electron chi connectivity index (χ2n) is 4.41. The van der Waals surface area contributed by atoms with E-state index >= 15 is 0 Å². The smallest absolute Gasteiger partial charge is 0.303 e. The molecule has 0 saturated heterocycles. The van der Waals surface area contributed by atoms with Crippen LogP contribution in [-0.2, 0) is 11.2 Å². The van der Waals surface area contributed by atoms with Crippen molar-refractivity contribution < 1.29 is 14.7 Å². The Labute approximate surface area is 126 Å². The monoisotopic (exact) mass is 304 g/mol. The van der Waals surface area contributed by atoms with E-state index in [9.17, 15) is 9.59 Å². The maximum absolute atomic E-state index is 12.0. The van der Waals surface area contributed by atoms with Gasteiger partial charge < -0.3 is 10.4 Å². The summed E-state index contributed by atoms with van der Waals surface area (Å²) in [6.07, 6.45) is 1.92. The van der Waals surface area contributed by atoms with E-state index in [1.54, 1.807) is 24.3 Å². The molecular formula is C15H13ClN2O3. The Bertz CT molecular complexity index is 673. The number of aliphatic carboxylic acids is 1. The average molecular weight is 305 g/mol. The summed E-state index contributed by atoms with van der Waals surface area (Å²) in [6.45, 7) is 0. The number of aryl methyl sites for hydroxylation is 1. The molecule has 0 bridgehead atoms. The number of aromatic nitrogens is 1. The SMILES string of the molecule is O=C(O)CCc1cccc(NC(=O)c2cc(Cl)ccn2)c1. The molecule has 0 radical (unpaired) electrons. The van der Waals surface area contributed by atoms with Crippen LogP contribution < -0.4 is 5.32 Å². The average Bonchev–Trinajstić information content (AvgIpc) is 2.45. The minimum Gasteiger partial charge on any atom is -0.481 e. The van der Waals surface area contributed by atoms with Crippen molar-refractivity contribution in [3.63, 3.8) is 0 Å². The molecule has 21 heavy (non-hydrogen) atoms. The molecule has 0 fully saturated rings. The van der Waals surface area contributed by atoms with Gasteiger partial charge in [-0.1, -0.05) is 23.7 Å². The van der Waals surface area contributed by atoms with Gasteiger partial charge in [0.25, 0.3) is 5.91 Å². The minimum absolute atomic E-state index is 0.0489. The molecule has 0 saturated carbocycles. The molecule has 0 aliphatic carbocycles. The van der Waals surface area contributed by atoms with Gasteiger partial charge in [-0.2, -0.15) is 0 Å². The maximum atomic E-state index is 12.0. The van der Waals surface area contributed by atoms with Crippen molar-refractivity contribution in [2.75, 3.05) is 5.32 Å². The zero-order chi connectivity index (χ0) is 15.2. The van der Waals surface area contributed by atoms with Crippen LogP contribution in [0.3, 0.4) is 0 Å². The summed E-state index contributed by atoms with van der Waals surface area (Å²) < 4.78 is 0. The summed E-state index contributed by atoms with van der Waals surface area (Å²) in [5.74, 6) is -1.22. The number of rotatable bonds is 5. The Morgan fingerprint density at radius 3 is 2.76 bits per heavy atom. The first kappa shape index (κ1) is 15.0. The minimum atomic E-state index is -0.854. The lowest BCUT2D eigenvalue weighted by Crippen LogP contribution is -2.13. The maximum Gasteiger partial charge on any atom is 0.303 e.